The molecule has 5 rings (SSSR count). The second kappa shape index (κ2) is 14.6. The summed E-state index contributed by atoms with van der Waals surface area (Å²) in [6.45, 7) is 0.980. The molecular weight excluding hydrogens is 581 g/mol. The van der Waals surface area contributed by atoms with Crippen molar-refractivity contribution in [2.75, 3.05) is 17.3 Å². The number of carboxylic acid groups (broad SMARTS) is 1. The predicted octanol–water partition coefficient (Wildman–Crippen LogP) is -0.688. The first-order chi connectivity index (χ1) is 20.3. The van der Waals surface area contributed by atoms with Crippen LogP contribution in [0.4, 0.5) is 5.69 Å². The van der Waals surface area contributed by atoms with E-state index in [1.807, 2.05) is 65.6 Å². The molecule has 2 saturated heterocycles. The first kappa shape index (κ1) is 32.8. The van der Waals surface area contributed by atoms with Gasteiger partial charge in [0.15, 0.2) is 0 Å². The molecule has 220 valence electrons. The SMILES string of the molecule is CC(=O)OCC1=C(C(=O)[O-])N2C(=O)[C@@H](NC(=O)CCCCCC3C(=O)N(c4ccccc4)C3c3ccccc3)[C@H]2SC1.[Na+]. The van der Waals surface area contributed by atoms with E-state index in [9.17, 15) is 29.1 Å². The number of nitrogens with one attached hydrogen (secondary N) is 1. The van der Waals surface area contributed by atoms with Gasteiger partial charge in [-0.1, -0.05) is 61.4 Å². The number of benzene rings is 2. The maximum absolute atomic E-state index is 13.1. The van der Waals surface area contributed by atoms with Crippen LogP contribution >= 0.6 is 11.8 Å². The minimum Gasteiger partial charge on any atom is -0.543 e. The molecule has 3 heterocycles. The zero-order chi connectivity index (χ0) is 29.8. The number of hydrogen-bond acceptors (Lipinski definition) is 8. The molecule has 43 heavy (non-hydrogen) atoms. The van der Waals surface area contributed by atoms with Crippen LogP contribution in [-0.4, -0.2) is 58.3 Å². The normalized spacial score (nSPS) is 22.5. The van der Waals surface area contributed by atoms with Crippen molar-refractivity contribution in [1.29, 1.82) is 0 Å². The van der Waals surface area contributed by atoms with Crippen LogP contribution in [0.2, 0.25) is 0 Å². The van der Waals surface area contributed by atoms with Crippen LogP contribution in [0, 0.1) is 5.92 Å². The van der Waals surface area contributed by atoms with Gasteiger partial charge < -0.3 is 24.9 Å². The molecule has 3 aliphatic heterocycles. The van der Waals surface area contributed by atoms with Crippen LogP contribution in [0.5, 0.6) is 0 Å². The molecule has 1 N–H and O–H groups in total. The number of unbranched alkanes of at least 4 members (excludes halogenated alkanes) is 2. The molecular formula is C31H32N3NaO7S. The molecule has 3 aliphatic rings. The first-order valence-electron chi connectivity index (χ1n) is 14.0. The van der Waals surface area contributed by atoms with Crippen molar-refractivity contribution >= 4 is 47.1 Å². The molecule has 12 heteroatoms. The number of aliphatic carboxylic acids is 1. The standard InChI is InChI=1S/C31H33N3O7S.Na/c1-19(35)41-17-21-18-42-30-25(29(38)34(30)27(21)31(39)40)32-24(36)16-10-4-9-15-23-26(20-11-5-2-6-12-20)33(28(23)37)22-13-7-3-8-14-22;/h2-3,5-8,11-14,23,25-26,30H,4,9-10,15-18H2,1H3,(H,32,36)(H,39,40);/q;+1/p-1/t23?,25-,26?,30-;/m1./s1. The largest absolute Gasteiger partial charge is 1.00 e. The van der Waals surface area contributed by atoms with Crippen LogP contribution in [0.15, 0.2) is 71.9 Å². The molecule has 4 atom stereocenters. The third kappa shape index (κ3) is 7.01. The Hall–Kier alpha value is -3.12. The van der Waals surface area contributed by atoms with E-state index in [1.165, 1.54) is 18.7 Å². The summed E-state index contributed by atoms with van der Waals surface area (Å²) < 4.78 is 4.92. The summed E-state index contributed by atoms with van der Waals surface area (Å²) in [5.41, 5.74) is 1.98. The fourth-order valence-electron chi connectivity index (χ4n) is 5.78. The number of nitrogens with zero attached hydrogens (tertiary/aromatic N) is 2. The van der Waals surface area contributed by atoms with Gasteiger partial charge in [0.2, 0.25) is 11.8 Å². The van der Waals surface area contributed by atoms with Gasteiger partial charge in [0, 0.05) is 30.4 Å². The summed E-state index contributed by atoms with van der Waals surface area (Å²) in [4.78, 5) is 64.3. The zero-order valence-electron chi connectivity index (χ0n) is 24.2. The van der Waals surface area contributed by atoms with Gasteiger partial charge >= 0.3 is 35.5 Å². The maximum Gasteiger partial charge on any atom is 1.00 e. The molecule has 0 saturated carbocycles. The number of thioether (sulfide) groups is 1. The number of amides is 3. The van der Waals surface area contributed by atoms with Gasteiger partial charge in [-0.25, -0.2) is 0 Å². The number of anilines is 1. The third-order valence-electron chi connectivity index (χ3n) is 7.82. The molecule has 2 unspecified atom stereocenters. The third-order valence-corrected chi connectivity index (χ3v) is 9.15. The Bertz CT molecular complexity index is 1400. The summed E-state index contributed by atoms with van der Waals surface area (Å²) in [7, 11) is 0. The van der Waals surface area contributed by atoms with Crippen molar-refractivity contribution in [2.45, 2.75) is 56.5 Å². The van der Waals surface area contributed by atoms with Gasteiger partial charge in [0.25, 0.3) is 5.91 Å². The second-order valence-electron chi connectivity index (χ2n) is 10.6. The van der Waals surface area contributed by atoms with Crippen molar-refractivity contribution in [1.82, 2.24) is 10.2 Å². The predicted molar refractivity (Wildman–Crippen MR) is 153 cm³/mol. The summed E-state index contributed by atoms with van der Waals surface area (Å²) in [5, 5.41) is 13.9. The fourth-order valence-corrected chi connectivity index (χ4v) is 7.11. The van der Waals surface area contributed by atoms with Crippen molar-refractivity contribution in [3.63, 3.8) is 0 Å². The minimum absolute atomic E-state index is 0. The molecule has 2 fully saturated rings. The minimum atomic E-state index is -1.52. The molecule has 0 bridgehead atoms. The van der Waals surface area contributed by atoms with Crippen LogP contribution < -0.4 is 44.9 Å². The summed E-state index contributed by atoms with van der Waals surface area (Å²) in [5.74, 6) is -2.67. The van der Waals surface area contributed by atoms with E-state index in [0.717, 1.165) is 29.0 Å². The summed E-state index contributed by atoms with van der Waals surface area (Å²) in [6.07, 6.45) is 3.08. The van der Waals surface area contributed by atoms with E-state index in [-0.39, 0.29) is 83.4 Å². The number of esters is 1. The van der Waals surface area contributed by atoms with E-state index in [4.69, 9.17) is 4.74 Å². The van der Waals surface area contributed by atoms with Crippen molar-refractivity contribution in [2.24, 2.45) is 5.92 Å². The average Bonchev–Trinajstić information content (AvgIpc) is 2.99. The molecule has 2 aromatic carbocycles. The number of hydrogen-bond donors (Lipinski definition) is 1. The number of ether oxygens (including phenoxy) is 1. The average molecular weight is 614 g/mol. The van der Waals surface area contributed by atoms with E-state index >= 15 is 0 Å². The van der Waals surface area contributed by atoms with Gasteiger partial charge in [0.1, 0.15) is 18.0 Å². The zero-order valence-corrected chi connectivity index (χ0v) is 27.0. The molecule has 0 aromatic heterocycles. The number of para-hydroxylation sites is 1. The number of fused-ring (bicyclic) bond motifs is 1. The molecule has 0 aliphatic carbocycles. The Balaban J connectivity index is 0.00000423. The number of β-lactam (4-membered cyclic amide) rings is 2. The fraction of sp³-hybridized carbons (Fsp3) is 0.387. The Labute approximate surface area is 276 Å². The van der Waals surface area contributed by atoms with Gasteiger partial charge in [-0.15, -0.1) is 11.8 Å². The summed E-state index contributed by atoms with van der Waals surface area (Å²) in [6, 6.07) is 18.8. The van der Waals surface area contributed by atoms with Gasteiger partial charge in [-0.3, -0.25) is 24.1 Å². The Morgan fingerprint density at radius 3 is 2.28 bits per heavy atom. The van der Waals surface area contributed by atoms with Crippen molar-refractivity contribution in [3.05, 3.63) is 77.5 Å². The van der Waals surface area contributed by atoms with E-state index in [2.05, 4.69) is 5.32 Å². The van der Waals surface area contributed by atoms with E-state index in [1.54, 1.807) is 0 Å². The van der Waals surface area contributed by atoms with Gasteiger partial charge in [-0.2, -0.15) is 0 Å². The smallest absolute Gasteiger partial charge is 0.543 e. The molecule has 2 aromatic rings. The molecule has 0 spiro atoms. The number of carbonyl (C=O) groups excluding carboxylic acids is 5. The monoisotopic (exact) mass is 613 g/mol. The van der Waals surface area contributed by atoms with Crippen LogP contribution in [-0.2, 0) is 28.7 Å². The topological polar surface area (TPSA) is 136 Å². The Morgan fingerprint density at radius 1 is 0.953 bits per heavy atom. The van der Waals surface area contributed by atoms with Gasteiger partial charge in [0.05, 0.1) is 23.6 Å². The Kier molecular flexibility index (Phi) is 11.1. The Morgan fingerprint density at radius 2 is 1.63 bits per heavy atom. The quantitative estimate of drug-likeness (QED) is 0.144. The van der Waals surface area contributed by atoms with Crippen LogP contribution in [0.3, 0.4) is 0 Å². The van der Waals surface area contributed by atoms with Crippen LogP contribution in [0.25, 0.3) is 0 Å². The van der Waals surface area contributed by atoms with Crippen molar-refractivity contribution < 1.29 is 63.4 Å². The first-order valence-corrected chi connectivity index (χ1v) is 15.1. The van der Waals surface area contributed by atoms with Crippen LogP contribution in [0.1, 0.15) is 50.6 Å². The second-order valence-corrected chi connectivity index (χ2v) is 11.7. The van der Waals surface area contributed by atoms with Gasteiger partial charge in [-0.05, 0) is 30.5 Å². The number of carbonyl (C=O) groups is 5. The number of rotatable bonds is 12. The molecule has 0 radical (unpaired) electrons. The van der Waals surface area contributed by atoms with E-state index < -0.39 is 29.3 Å². The van der Waals surface area contributed by atoms with E-state index in [0.29, 0.717) is 12.8 Å². The summed E-state index contributed by atoms with van der Waals surface area (Å²) >= 11 is 1.30. The molecule has 10 nitrogen and oxygen atoms in total. The number of carboxylic acids is 1. The maximum atomic E-state index is 13.1. The van der Waals surface area contributed by atoms with Crippen molar-refractivity contribution in [3.8, 4) is 0 Å². The molecule has 3 amide bonds.